The van der Waals surface area contributed by atoms with Crippen molar-refractivity contribution >= 4 is 5.96 Å². The number of piperidine rings is 1. The first-order valence-corrected chi connectivity index (χ1v) is 8.75. The molecule has 0 atom stereocenters. The van der Waals surface area contributed by atoms with Crippen molar-refractivity contribution in [2.75, 3.05) is 72.6 Å². The van der Waals surface area contributed by atoms with Crippen LogP contribution in [0.25, 0.3) is 0 Å². The molecule has 0 spiro atoms. The second-order valence-electron chi connectivity index (χ2n) is 6.40. The second kappa shape index (κ2) is 10.0. The predicted molar refractivity (Wildman–Crippen MR) is 91.5 cm³/mol. The average molecular weight is 311 g/mol. The molecule has 2 fully saturated rings. The van der Waals surface area contributed by atoms with Gasteiger partial charge in [-0.2, -0.15) is 0 Å². The molecular formula is C16H33N5O. The molecule has 22 heavy (non-hydrogen) atoms. The quantitative estimate of drug-likeness (QED) is 0.543. The number of nitrogens with one attached hydrogen (secondary N) is 2. The molecule has 2 N–H and O–H groups in total. The van der Waals surface area contributed by atoms with Gasteiger partial charge < -0.3 is 20.3 Å². The number of rotatable bonds is 6. The molecule has 0 bridgehead atoms. The Labute approximate surface area is 135 Å². The number of morpholine rings is 1. The van der Waals surface area contributed by atoms with E-state index in [2.05, 4.69) is 32.3 Å². The summed E-state index contributed by atoms with van der Waals surface area (Å²) >= 11 is 0. The Morgan fingerprint density at radius 3 is 2.09 bits per heavy atom. The highest BCUT2D eigenvalue weighted by atomic mass is 16.5. The fraction of sp³-hybridized carbons (Fsp3) is 0.938. The maximum Gasteiger partial charge on any atom is 0.191 e. The van der Waals surface area contributed by atoms with E-state index in [0.717, 1.165) is 64.4 Å². The standard InChI is InChI=1S/C16H33N5O/c1-15-3-7-20(8-4-15)9-5-18-16(17-2)19-6-10-21-11-13-22-14-12-21/h15H,3-14H2,1-2H3,(H2,17,18,19). The fourth-order valence-electron chi connectivity index (χ4n) is 3.00. The first-order valence-electron chi connectivity index (χ1n) is 8.75. The van der Waals surface area contributed by atoms with Gasteiger partial charge in [0.05, 0.1) is 13.2 Å². The summed E-state index contributed by atoms with van der Waals surface area (Å²) in [6.07, 6.45) is 2.68. The molecule has 2 saturated heterocycles. The number of hydrogen-bond acceptors (Lipinski definition) is 4. The molecule has 128 valence electrons. The van der Waals surface area contributed by atoms with Crippen LogP contribution in [0.4, 0.5) is 0 Å². The first kappa shape index (κ1) is 17.5. The monoisotopic (exact) mass is 311 g/mol. The third-order valence-corrected chi connectivity index (χ3v) is 4.64. The molecule has 2 rings (SSSR count). The molecule has 6 nitrogen and oxygen atoms in total. The van der Waals surface area contributed by atoms with Crippen molar-refractivity contribution in [2.45, 2.75) is 19.8 Å². The van der Waals surface area contributed by atoms with Gasteiger partial charge in [-0.25, -0.2) is 0 Å². The zero-order valence-electron chi connectivity index (χ0n) is 14.3. The van der Waals surface area contributed by atoms with Crippen molar-refractivity contribution in [2.24, 2.45) is 10.9 Å². The summed E-state index contributed by atoms with van der Waals surface area (Å²) in [4.78, 5) is 9.28. The number of nitrogens with zero attached hydrogens (tertiary/aromatic N) is 3. The van der Waals surface area contributed by atoms with Crippen LogP contribution in [0.5, 0.6) is 0 Å². The van der Waals surface area contributed by atoms with Crippen molar-refractivity contribution in [3.63, 3.8) is 0 Å². The summed E-state index contributed by atoms with van der Waals surface area (Å²) in [7, 11) is 1.84. The van der Waals surface area contributed by atoms with Gasteiger partial charge in [-0.1, -0.05) is 6.92 Å². The van der Waals surface area contributed by atoms with Gasteiger partial charge in [0, 0.05) is 46.3 Å². The van der Waals surface area contributed by atoms with Crippen molar-refractivity contribution < 1.29 is 4.74 Å². The van der Waals surface area contributed by atoms with Gasteiger partial charge in [-0.3, -0.25) is 9.89 Å². The highest BCUT2D eigenvalue weighted by molar-refractivity contribution is 5.79. The molecule has 2 aliphatic rings. The van der Waals surface area contributed by atoms with Crippen LogP contribution in [0.3, 0.4) is 0 Å². The zero-order chi connectivity index (χ0) is 15.6. The summed E-state index contributed by atoms with van der Waals surface area (Å²) in [5.41, 5.74) is 0. The maximum absolute atomic E-state index is 5.36. The number of guanidine groups is 1. The zero-order valence-corrected chi connectivity index (χ0v) is 14.3. The van der Waals surface area contributed by atoms with Gasteiger partial charge in [0.1, 0.15) is 0 Å². The molecule has 2 aliphatic heterocycles. The van der Waals surface area contributed by atoms with Gasteiger partial charge in [0.15, 0.2) is 5.96 Å². The number of hydrogen-bond donors (Lipinski definition) is 2. The molecule has 0 aromatic rings. The third kappa shape index (κ3) is 6.50. The highest BCUT2D eigenvalue weighted by Gasteiger charge is 2.15. The van der Waals surface area contributed by atoms with Crippen LogP contribution in [-0.2, 0) is 4.74 Å². The number of ether oxygens (including phenoxy) is 1. The summed E-state index contributed by atoms with van der Waals surface area (Å²) in [5, 5.41) is 6.82. The molecule has 0 aromatic heterocycles. The van der Waals surface area contributed by atoms with Crippen molar-refractivity contribution in [3.05, 3.63) is 0 Å². The van der Waals surface area contributed by atoms with Crippen LogP contribution in [0, 0.1) is 5.92 Å². The Hall–Kier alpha value is -0.850. The molecule has 0 aromatic carbocycles. The molecule has 0 aliphatic carbocycles. The average Bonchev–Trinajstić information content (AvgIpc) is 2.56. The fourth-order valence-corrected chi connectivity index (χ4v) is 3.00. The normalized spacial score (nSPS) is 22.7. The number of aliphatic imine (C=N–C) groups is 1. The third-order valence-electron chi connectivity index (χ3n) is 4.64. The lowest BCUT2D eigenvalue weighted by atomic mass is 9.99. The Balaban J connectivity index is 1.53. The van der Waals surface area contributed by atoms with Crippen molar-refractivity contribution in [3.8, 4) is 0 Å². The lowest BCUT2D eigenvalue weighted by Crippen LogP contribution is -2.46. The van der Waals surface area contributed by atoms with Gasteiger partial charge >= 0.3 is 0 Å². The maximum atomic E-state index is 5.36. The number of likely N-dealkylation sites (tertiary alicyclic amines) is 1. The van der Waals surface area contributed by atoms with Crippen LogP contribution >= 0.6 is 0 Å². The molecule has 0 radical (unpaired) electrons. The topological polar surface area (TPSA) is 52.1 Å². The van der Waals surface area contributed by atoms with E-state index in [4.69, 9.17) is 4.74 Å². The van der Waals surface area contributed by atoms with E-state index in [1.54, 1.807) is 0 Å². The molecule has 0 unspecified atom stereocenters. The Bertz CT molecular complexity index is 322. The molecule has 6 heteroatoms. The van der Waals surface area contributed by atoms with E-state index in [9.17, 15) is 0 Å². The second-order valence-corrected chi connectivity index (χ2v) is 6.40. The van der Waals surface area contributed by atoms with E-state index < -0.39 is 0 Å². The Kier molecular flexibility index (Phi) is 7.98. The van der Waals surface area contributed by atoms with Crippen LogP contribution in [-0.4, -0.2) is 88.4 Å². The lowest BCUT2D eigenvalue weighted by Gasteiger charge is -2.30. The van der Waals surface area contributed by atoms with Crippen molar-refractivity contribution in [1.29, 1.82) is 0 Å². The summed E-state index contributed by atoms with van der Waals surface area (Å²) in [5.74, 6) is 1.82. The van der Waals surface area contributed by atoms with E-state index in [0.29, 0.717) is 0 Å². The minimum atomic E-state index is 0.863. The molecule has 2 heterocycles. The van der Waals surface area contributed by atoms with Gasteiger partial charge in [0.2, 0.25) is 0 Å². The summed E-state index contributed by atoms with van der Waals surface area (Å²) in [6.45, 7) is 12.7. The SMILES string of the molecule is CN=C(NCCN1CCOCC1)NCCN1CCC(C)CC1. The minimum absolute atomic E-state index is 0.863. The Morgan fingerprint density at radius 1 is 1.00 bits per heavy atom. The van der Waals surface area contributed by atoms with E-state index in [1.807, 2.05) is 7.05 Å². The molecule has 0 saturated carbocycles. The first-order chi connectivity index (χ1) is 10.8. The molecule has 0 amide bonds. The van der Waals surface area contributed by atoms with E-state index >= 15 is 0 Å². The van der Waals surface area contributed by atoms with E-state index in [-0.39, 0.29) is 0 Å². The van der Waals surface area contributed by atoms with Crippen LogP contribution in [0.15, 0.2) is 4.99 Å². The lowest BCUT2D eigenvalue weighted by molar-refractivity contribution is 0.0389. The van der Waals surface area contributed by atoms with Crippen LogP contribution < -0.4 is 10.6 Å². The van der Waals surface area contributed by atoms with Crippen molar-refractivity contribution in [1.82, 2.24) is 20.4 Å². The summed E-state index contributed by atoms with van der Waals surface area (Å²) in [6, 6.07) is 0. The van der Waals surface area contributed by atoms with E-state index in [1.165, 1.54) is 25.9 Å². The minimum Gasteiger partial charge on any atom is -0.379 e. The van der Waals surface area contributed by atoms with Gasteiger partial charge in [-0.05, 0) is 31.8 Å². The smallest absolute Gasteiger partial charge is 0.191 e. The van der Waals surface area contributed by atoms with Crippen LogP contribution in [0.2, 0.25) is 0 Å². The predicted octanol–water partition coefficient (Wildman–Crippen LogP) is 0.216. The highest BCUT2D eigenvalue weighted by Crippen LogP contribution is 2.14. The Morgan fingerprint density at radius 2 is 1.55 bits per heavy atom. The van der Waals surface area contributed by atoms with Gasteiger partial charge in [0.25, 0.3) is 0 Å². The largest absolute Gasteiger partial charge is 0.379 e. The van der Waals surface area contributed by atoms with Gasteiger partial charge in [-0.15, -0.1) is 0 Å². The molecular weight excluding hydrogens is 278 g/mol. The summed E-state index contributed by atoms with van der Waals surface area (Å²) < 4.78 is 5.36. The van der Waals surface area contributed by atoms with Crippen LogP contribution in [0.1, 0.15) is 19.8 Å².